The fourth-order valence-electron chi connectivity index (χ4n) is 1.19. The number of nitrogens with zero attached hydrogens (tertiary/aromatic N) is 3. The minimum atomic E-state index is -0.505. The first-order chi connectivity index (χ1) is 8.08. The number of aryl methyl sites for hydroxylation is 1. The molecule has 0 aliphatic rings. The van der Waals surface area contributed by atoms with E-state index in [1.165, 1.54) is 0 Å². The van der Waals surface area contributed by atoms with E-state index >= 15 is 0 Å². The molecule has 0 radical (unpaired) electrons. The van der Waals surface area contributed by atoms with Gasteiger partial charge in [-0.1, -0.05) is 16.4 Å². The Hall–Kier alpha value is -1.88. The molecule has 88 valence electrons. The average Bonchev–Trinajstić information content (AvgIpc) is 2.62. The molecule has 1 aromatic heterocycles. The highest BCUT2D eigenvalue weighted by molar-refractivity contribution is 6.30. The fraction of sp³-hybridized carbons (Fsp3) is 0.182. The van der Waals surface area contributed by atoms with Crippen LogP contribution in [0.3, 0.4) is 0 Å². The lowest BCUT2D eigenvalue weighted by Crippen LogP contribution is -2.22. The lowest BCUT2D eigenvalue weighted by molar-refractivity contribution is 0.0371. The number of halogens is 1. The fourth-order valence-corrected chi connectivity index (χ4v) is 1.32. The molecule has 0 saturated heterocycles. The molecule has 0 spiro atoms. The Bertz CT molecular complexity index is 548. The van der Waals surface area contributed by atoms with Crippen LogP contribution in [0.25, 0.3) is 0 Å². The van der Waals surface area contributed by atoms with Gasteiger partial charge in [0, 0.05) is 5.02 Å². The van der Waals surface area contributed by atoms with Gasteiger partial charge in [0.2, 0.25) is 0 Å². The summed E-state index contributed by atoms with van der Waals surface area (Å²) in [6.07, 6.45) is 0. The third-order valence-electron chi connectivity index (χ3n) is 2.34. The number of carbonyl (C=O) groups excluding carboxylic acids is 1. The van der Waals surface area contributed by atoms with E-state index in [2.05, 4.69) is 10.3 Å². The monoisotopic (exact) mass is 251 g/mol. The number of hydrogen-bond acceptors (Lipinski definition) is 4. The normalized spacial score (nSPS) is 10.3. The minimum Gasteiger partial charge on any atom is -0.312 e. The molecule has 0 atom stereocenters. The van der Waals surface area contributed by atoms with Crippen LogP contribution < -0.4 is 4.84 Å². The summed E-state index contributed by atoms with van der Waals surface area (Å²) in [6, 6.07) is 6.42. The van der Waals surface area contributed by atoms with Crippen molar-refractivity contribution in [2.24, 2.45) is 0 Å². The summed E-state index contributed by atoms with van der Waals surface area (Å²) < 4.78 is 0. The molecule has 0 fully saturated rings. The molecule has 2 rings (SSSR count). The van der Waals surface area contributed by atoms with Crippen molar-refractivity contribution in [3.8, 4) is 0 Å². The number of benzene rings is 1. The van der Waals surface area contributed by atoms with Gasteiger partial charge in [-0.15, -0.1) is 5.10 Å². The number of hydrogen-bond donors (Lipinski definition) is 0. The van der Waals surface area contributed by atoms with Crippen LogP contribution in [0.4, 0.5) is 0 Å². The van der Waals surface area contributed by atoms with E-state index in [0.29, 0.717) is 22.0 Å². The van der Waals surface area contributed by atoms with Gasteiger partial charge in [-0.25, -0.2) is 4.79 Å². The second-order valence-corrected chi connectivity index (χ2v) is 3.96. The lowest BCUT2D eigenvalue weighted by Gasteiger charge is -2.03. The van der Waals surface area contributed by atoms with Crippen molar-refractivity contribution >= 4 is 17.6 Å². The van der Waals surface area contributed by atoms with Crippen LogP contribution >= 0.6 is 11.6 Å². The Morgan fingerprint density at radius 2 is 1.94 bits per heavy atom. The second kappa shape index (κ2) is 4.55. The van der Waals surface area contributed by atoms with Crippen molar-refractivity contribution in [2.45, 2.75) is 13.8 Å². The number of aromatic nitrogens is 3. The molecule has 1 aromatic carbocycles. The molecule has 5 nitrogen and oxygen atoms in total. The summed E-state index contributed by atoms with van der Waals surface area (Å²) in [5.74, 6) is -0.505. The van der Waals surface area contributed by atoms with Crippen molar-refractivity contribution in [1.29, 1.82) is 0 Å². The van der Waals surface area contributed by atoms with Crippen molar-refractivity contribution in [3.63, 3.8) is 0 Å². The average molecular weight is 252 g/mol. The van der Waals surface area contributed by atoms with Crippen molar-refractivity contribution in [3.05, 3.63) is 46.2 Å². The SMILES string of the molecule is Cc1nnn(OC(=O)c2ccc(Cl)cc2)c1C. The van der Waals surface area contributed by atoms with Gasteiger partial charge in [-0.2, -0.15) is 0 Å². The third-order valence-corrected chi connectivity index (χ3v) is 2.59. The molecule has 0 aliphatic heterocycles. The van der Waals surface area contributed by atoms with E-state index in [4.69, 9.17) is 16.4 Å². The van der Waals surface area contributed by atoms with Gasteiger partial charge in [-0.05, 0) is 43.3 Å². The van der Waals surface area contributed by atoms with Crippen LogP contribution in [0.2, 0.25) is 5.02 Å². The zero-order valence-electron chi connectivity index (χ0n) is 9.35. The maximum absolute atomic E-state index is 11.7. The molecule has 0 bridgehead atoms. The summed E-state index contributed by atoms with van der Waals surface area (Å²) in [5.41, 5.74) is 1.81. The van der Waals surface area contributed by atoms with Gasteiger partial charge in [0.1, 0.15) is 5.69 Å². The van der Waals surface area contributed by atoms with Gasteiger partial charge in [0.25, 0.3) is 0 Å². The Kier molecular flexibility index (Phi) is 3.10. The van der Waals surface area contributed by atoms with Gasteiger partial charge in [0.05, 0.1) is 11.3 Å². The molecule has 0 unspecified atom stereocenters. The van der Waals surface area contributed by atoms with E-state index in [9.17, 15) is 4.79 Å². The summed E-state index contributed by atoms with van der Waals surface area (Å²) in [5, 5.41) is 8.05. The maximum Gasteiger partial charge on any atom is 0.365 e. The minimum absolute atomic E-state index is 0.405. The van der Waals surface area contributed by atoms with Gasteiger partial charge < -0.3 is 4.84 Å². The highest BCUT2D eigenvalue weighted by atomic mass is 35.5. The summed E-state index contributed by atoms with van der Waals surface area (Å²) in [6.45, 7) is 3.55. The zero-order chi connectivity index (χ0) is 12.4. The standard InChI is InChI=1S/C11H10ClN3O2/c1-7-8(2)15(14-13-7)17-11(16)9-3-5-10(12)6-4-9/h3-6H,1-2H3. The van der Waals surface area contributed by atoms with Crippen LogP contribution in [0.5, 0.6) is 0 Å². The molecular formula is C11H10ClN3O2. The maximum atomic E-state index is 11.7. The predicted octanol–water partition coefficient (Wildman–Crippen LogP) is 1.82. The van der Waals surface area contributed by atoms with Crippen molar-refractivity contribution in [1.82, 2.24) is 15.2 Å². The Morgan fingerprint density at radius 1 is 1.29 bits per heavy atom. The van der Waals surface area contributed by atoms with Crippen molar-refractivity contribution in [2.75, 3.05) is 0 Å². The molecule has 2 aromatic rings. The van der Waals surface area contributed by atoms with Gasteiger partial charge in [-0.3, -0.25) is 0 Å². The predicted molar refractivity (Wildman–Crippen MR) is 61.9 cm³/mol. The van der Waals surface area contributed by atoms with Crippen LogP contribution in [-0.4, -0.2) is 21.1 Å². The number of carbonyl (C=O) groups is 1. The van der Waals surface area contributed by atoms with E-state index in [0.717, 1.165) is 4.85 Å². The summed E-state index contributed by atoms with van der Waals surface area (Å²) >= 11 is 5.73. The second-order valence-electron chi connectivity index (χ2n) is 3.52. The molecule has 0 aliphatic carbocycles. The van der Waals surface area contributed by atoms with E-state index < -0.39 is 5.97 Å². The van der Waals surface area contributed by atoms with Crippen LogP contribution in [0.15, 0.2) is 24.3 Å². The summed E-state index contributed by atoms with van der Waals surface area (Å²) in [4.78, 5) is 17.9. The molecule has 0 saturated carbocycles. The van der Waals surface area contributed by atoms with Crippen LogP contribution in [-0.2, 0) is 0 Å². The topological polar surface area (TPSA) is 57.0 Å². The Morgan fingerprint density at radius 3 is 2.47 bits per heavy atom. The molecule has 17 heavy (non-hydrogen) atoms. The first-order valence-corrected chi connectivity index (χ1v) is 5.33. The first kappa shape index (κ1) is 11.6. The smallest absolute Gasteiger partial charge is 0.312 e. The van der Waals surface area contributed by atoms with Crippen molar-refractivity contribution < 1.29 is 9.63 Å². The van der Waals surface area contributed by atoms with Crippen LogP contribution in [0.1, 0.15) is 21.7 Å². The van der Waals surface area contributed by atoms with Gasteiger partial charge >= 0.3 is 5.97 Å². The molecule has 6 heteroatoms. The largest absolute Gasteiger partial charge is 0.365 e. The molecule has 1 heterocycles. The van der Waals surface area contributed by atoms with Gasteiger partial charge in [0.15, 0.2) is 0 Å². The Balaban J connectivity index is 2.17. The summed E-state index contributed by atoms with van der Waals surface area (Å²) in [7, 11) is 0. The highest BCUT2D eigenvalue weighted by Crippen LogP contribution is 2.10. The molecule has 0 amide bonds. The van der Waals surface area contributed by atoms with E-state index in [1.807, 2.05) is 0 Å². The van der Waals surface area contributed by atoms with Crippen LogP contribution in [0, 0.1) is 13.8 Å². The molecular weight excluding hydrogens is 242 g/mol. The highest BCUT2D eigenvalue weighted by Gasteiger charge is 2.12. The number of rotatable bonds is 2. The Labute approximate surface area is 103 Å². The zero-order valence-corrected chi connectivity index (χ0v) is 10.1. The quantitative estimate of drug-likeness (QED) is 0.764. The van der Waals surface area contributed by atoms with E-state index in [1.54, 1.807) is 38.1 Å². The third kappa shape index (κ3) is 2.45. The lowest BCUT2D eigenvalue weighted by atomic mass is 10.2. The van der Waals surface area contributed by atoms with E-state index in [-0.39, 0.29) is 0 Å². The molecule has 0 N–H and O–H groups in total. The first-order valence-electron chi connectivity index (χ1n) is 4.95.